The second kappa shape index (κ2) is 5.21. The van der Waals surface area contributed by atoms with Gasteiger partial charge in [0.1, 0.15) is 0 Å². The van der Waals surface area contributed by atoms with E-state index < -0.39 is 0 Å². The molecule has 1 aromatic heterocycles. The van der Waals surface area contributed by atoms with Crippen molar-refractivity contribution in [3.63, 3.8) is 0 Å². The summed E-state index contributed by atoms with van der Waals surface area (Å²) >= 11 is 2.01. The van der Waals surface area contributed by atoms with Gasteiger partial charge in [-0.2, -0.15) is 0 Å². The Balaban J connectivity index is 1.82. The third kappa shape index (κ3) is 2.08. The van der Waals surface area contributed by atoms with Crippen LogP contribution in [0.15, 0.2) is 18.2 Å². The summed E-state index contributed by atoms with van der Waals surface area (Å²) in [6.45, 7) is 10.4. The third-order valence-electron chi connectivity index (χ3n) is 5.64. The molecule has 2 aliphatic heterocycles. The molecule has 22 heavy (non-hydrogen) atoms. The molecule has 3 heterocycles. The van der Waals surface area contributed by atoms with Crippen LogP contribution < -0.4 is 0 Å². The van der Waals surface area contributed by atoms with E-state index in [0.717, 1.165) is 13.0 Å². The summed E-state index contributed by atoms with van der Waals surface area (Å²) in [4.78, 5) is 5.87. The number of rotatable bonds is 1. The number of aryl methyl sites for hydroxylation is 2. The van der Waals surface area contributed by atoms with Gasteiger partial charge < -0.3 is 0 Å². The molecule has 1 nitrogen and oxygen atoms in total. The van der Waals surface area contributed by atoms with Crippen molar-refractivity contribution in [3.05, 3.63) is 55.8 Å². The van der Waals surface area contributed by atoms with Crippen molar-refractivity contribution >= 4 is 11.3 Å². The Bertz CT molecular complexity index is 728. The Morgan fingerprint density at radius 2 is 2.05 bits per heavy atom. The van der Waals surface area contributed by atoms with Crippen molar-refractivity contribution in [2.24, 2.45) is 0 Å². The van der Waals surface area contributed by atoms with Crippen molar-refractivity contribution in [2.45, 2.75) is 65.6 Å². The summed E-state index contributed by atoms with van der Waals surface area (Å²) in [7, 11) is 0. The van der Waals surface area contributed by atoms with Gasteiger partial charge >= 0.3 is 0 Å². The molecule has 0 N–H and O–H groups in total. The van der Waals surface area contributed by atoms with Gasteiger partial charge in [0.05, 0.1) is 0 Å². The molecule has 1 aromatic carbocycles. The zero-order valence-corrected chi connectivity index (χ0v) is 14.9. The molecular weight excluding hydrogens is 286 g/mol. The van der Waals surface area contributed by atoms with Crippen LogP contribution in [0.2, 0.25) is 0 Å². The first-order valence-corrected chi connectivity index (χ1v) is 9.35. The molecule has 2 aliphatic rings. The molecule has 0 amide bonds. The molecule has 2 atom stereocenters. The molecular formula is C20H25NS. The third-order valence-corrected chi connectivity index (χ3v) is 6.73. The first-order chi connectivity index (χ1) is 10.6. The van der Waals surface area contributed by atoms with Crippen molar-refractivity contribution in [1.29, 1.82) is 0 Å². The fraction of sp³-hybridized carbons (Fsp3) is 0.500. The maximum Gasteiger partial charge on any atom is 0.0406 e. The molecule has 2 aromatic rings. The monoisotopic (exact) mass is 311 g/mol. The van der Waals surface area contributed by atoms with Crippen LogP contribution in [0.1, 0.15) is 57.5 Å². The quantitative estimate of drug-likeness (QED) is 0.718. The summed E-state index contributed by atoms with van der Waals surface area (Å²) in [5.74, 6) is 0. The number of hydrogen-bond acceptors (Lipinski definition) is 2. The van der Waals surface area contributed by atoms with Crippen LogP contribution in [0.25, 0.3) is 0 Å². The number of nitrogens with zero attached hydrogens (tertiary/aromatic N) is 1. The highest BCUT2D eigenvalue weighted by Gasteiger charge is 2.37. The molecule has 0 fully saturated rings. The van der Waals surface area contributed by atoms with Crippen LogP contribution in [0.3, 0.4) is 0 Å². The van der Waals surface area contributed by atoms with Crippen molar-refractivity contribution in [2.75, 3.05) is 0 Å². The number of benzene rings is 1. The Kier molecular flexibility index (Phi) is 3.43. The molecule has 4 rings (SSSR count). The Morgan fingerprint density at radius 3 is 2.82 bits per heavy atom. The van der Waals surface area contributed by atoms with Gasteiger partial charge in [-0.1, -0.05) is 19.1 Å². The highest BCUT2D eigenvalue weighted by molar-refractivity contribution is 7.12. The van der Waals surface area contributed by atoms with Gasteiger partial charge in [0, 0.05) is 28.4 Å². The molecule has 0 saturated heterocycles. The second-order valence-corrected chi connectivity index (χ2v) is 8.37. The smallest absolute Gasteiger partial charge is 0.0406 e. The average molecular weight is 311 g/mol. The molecule has 116 valence electrons. The molecule has 0 saturated carbocycles. The van der Waals surface area contributed by atoms with Crippen LogP contribution >= 0.6 is 11.3 Å². The first-order valence-electron chi connectivity index (χ1n) is 8.53. The Labute approximate surface area is 138 Å². The topological polar surface area (TPSA) is 3.24 Å². The molecule has 2 heteroatoms. The van der Waals surface area contributed by atoms with E-state index >= 15 is 0 Å². The lowest BCUT2D eigenvalue weighted by Crippen LogP contribution is -2.44. The van der Waals surface area contributed by atoms with Crippen LogP contribution in [0.4, 0.5) is 0 Å². The summed E-state index contributed by atoms with van der Waals surface area (Å²) in [5.41, 5.74) is 7.89. The SMILES string of the molecule is CCc1c(C)ccc2c1CN1C(C)Cc3sc(C)cc3[C@@H]1C2. The number of hydrogen-bond donors (Lipinski definition) is 0. The summed E-state index contributed by atoms with van der Waals surface area (Å²) < 4.78 is 0. The van der Waals surface area contributed by atoms with E-state index in [0.29, 0.717) is 12.1 Å². The standard InChI is InChI=1S/C20H25NS/c1-5-16-12(2)6-7-15-10-19-17-9-14(4)22-20(17)8-13(3)21(19)11-18(15)16/h6-7,9,13,19H,5,8,10-11H2,1-4H3/t13?,19-/m0/s1. The molecule has 0 bridgehead atoms. The van der Waals surface area contributed by atoms with Gasteiger partial charge in [-0.15, -0.1) is 11.3 Å². The predicted octanol–water partition coefficient (Wildman–Crippen LogP) is 4.97. The Morgan fingerprint density at radius 1 is 1.23 bits per heavy atom. The van der Waals surface area contributed by atoms with Crippen molar-refractivity contribution < 1.29 is 0 Å². The normalized spacial score (nSPS) is 23.8. The lowest BCUT2D eigenvalue weighted by Gasteiger charge is -2.45. The maximum atomic E-state index is 2.76. The van der Waals surface area contributed by atoms with Crippen LogP contribution in [0, 0.1) is 13.8 Å². The molecule has 1 unspecified atom stereocenters. The van der Waals surface area contributed by atoms with E-state index in [4.69, 9.17) is 0 Å². The second-order valence-electron chi connectivity index (χ2n) is 7.03. The van der Waals surface area contributed by atoms with Crippen molar-refractivity contribution in [3.8, 4) is 0 Å². The average Bonchev–Trinajstić information content (AvgIpc) is 2.86. The zero-order valence-electron chi connectivity index (χ0n) is 14.1. The fourth-order valence-electron chi connectivity index (χ4n) is 4.52. The van der Waals surface area contributed by atoms with Crippen molar-refractivity contribution in [1.82, 2.24) is 4.90 Å². The number of thiophene rings is 1. The zero-order chi connectivity index (χ0) is 15.4. The fourth-order valence-corrected chi connectivity index (χ4v) is 5.73. The van der Waals surface area contributed by atoms with Gasteiger partial charge in [-0.05, 0) is 73.9 Å². The molecule has 0 radical (unpaired) electrons. The lowest BCUT2D eigenvalue weighted by molar-refractivity contribution is 0.107. The first kappa shape index (κ1) is 14.5. The van der Waals surface area contributed by atoms with E-state index in [-0.39, 0.29) is 0 Å². The molecule has 0 spiro atoms. The van der Waals surface area contributed by atoms with Gasteiger partial charge in [-0.3, -0.25) is 4.90 Å². The predicted molar refractivity (Wildman–Crippen MR) is 94.8 cm³/mol. The lowest BCUT2D eigenvalue weighted by atomic mass is 9.82. The van der Waals surface area contributed by atoms with E-state index in [2.05, 4.69) is 50.8 Å². The van der Waals surface area contributed by atoms with Gasteiger partial charge in [0.15, 0.2) is 0 Å². The Hall–Kier alpha value is -1.12. The van der Waals surface area contributed by atoms with E-state index in [9.17, 15) is 0 Å². The summed E-state index contributed by atoms with van der Waals surface area (Å²) in [5, 5.41) is 0. The van der Waals surface area contributed by atoms with E-state index in [1.54, 1.807) is 27.1 Å². The van der Waals surface area contributed by atoms with Crippen LogP contribution in [0.5, 0.6) is 0 Å². The summed E-state index contributed by atoms with van der Waals surface area (Å²) in [6.07, 6.45) is 3.58. The van der Waals surface area contributed by atoms with Crippen LogP contribution in [-0.2, 0) is 25.8 Å². The van der Waals surface area contributed by atoms with Gasteiger partial charge in [0.2, 0.25) is 0 Å². The highest BCUT2D eigenvalue weighted by Crippen LogP contribution is 2.44. The summed E-state index contributed by atoms with van der Waals surface area (Å²) in [6, 6.07) is 8.43. The minimum absolute atomic E-state index is 0.601. The minimum atomic E-state index is 0.601. The number of fused-ring (bicyclic) bond motifs is 4. The maximum absolute atomic E-state index is 2.76. The van der Waals surface area contributed by atoms with E-state index in [1.807, 2.05) is 11.3 Å². The van der Waals surface area contributed by atoms with E-state index in [1.165, 1.54) is 23.3 Å². The minimum Gasteiger partial charge on any atom is -0.289 e. The largest absolute Gasteiger partial charge is 0.289 e. The van der Waals surface area contributed by atoms with Gasteiger partial charge in [-0.25, -0.2) is 0 Å². The van der Waals surface area contributed by atoms with Crippen LogP contribution in [-0.4, -0.2) is 10.9 Å². The highest BCUT2D eigenvalue weighted by atomic mass is 32.1. The van der Waals surface area contributed by atoms with Gasteiger partial charge in [0.25, 0.3) is 0 Å². The molecule has 0 aliphatic carbocycles.